The maximum absolute atomic E-state index is 13.0. The van der Waals surface area contributed by atoms with Gasteiger partial charge in [-0.2, -0.15) is 0 Å². The molecule has 0 spiro atoms. The maximum Gasteiger partial charge on any atom is 0.226 e. The molecule has 1 aromatic rings. The van der Waals surface area contributed by atoms with Gasteiger partial charge in [-0.25, -0.2) is 4.98 Å². The van der Waals surface area contributed by atoms with Crippen LogP contribution in [0.1, 0.15) is 38.3 Å². The molecule has 128 valence electrons. The molecule has 2 saturated heterocycles. The lowest BCUT2D eigenvalue weighted by Crippen LogP contribution is -2.54. The Bertz CT molecular complexity index is 538. The molecular weight excluding hydrogens is 308 g/mol. The molecule has 2 N–H and O–H groups in total. The molecule has 2 aliphatic rings. The molecule has 0 aliphatic carbocycles. The van der Waals surface area contributed by atoms with Crippen molar-refractivity contribution in [1.29, 1.82) is 0 Å². The Balaban J connectivity index is 1.59. The van der Waals surface area contributed by atoms with E-state index in [1.165, 1.54) is 6.42 Å². The standard InChI is InChI=1S/C17H28N4OS/c1-12-4-3-7-21(15(12)10-18)16(22)14-5-8-20(9-6-14)17-19-13(2)11-23-17/h11-12,14-15H,3-10,18H2,1-2H3. The summed E-state index contributed by atoms with van der Waals surface area (Å²) in [5.74, 6) is 1.02. The minimum Gasteiger partial charge on any atom is -0.348 e. The van der Waals surface area contributed by atoms with Gasteiger partial charge in [0.15, 0.2) is 5.13 Å². The molecule has 1 aromatic heterocycles. The van der Waals surface area contributed by atoms with Crippen LogP contribution in [0.3, 0.4) is 0 Å². The zero-order valence-corrected chi connectivity index (χ0v) is 15.0. The molecule has 6 heteroatoms. The van der Waals surface area contributed by atoms with Crippen LogP contribution in [0, 0.1) is 18.8 Å². The van der Waals surface area contributed by atoms with Crippen molar-refractivity contribution in [2.75, 3.05) is 31.1 Å². The molecular formula is C17H28N4OS. The van der Waals surface area contributed by atoms with Crippen molar-refractivity contribution in [1.82, 2.24) is 9.88 Å². The molecule has 3 heterocycles. The molecule has 5 nitrogen and oxygen atoms in total. The Kier molecular flexibility index (Phi) is 5.21. The number of carbonyl (C=O) groups excluding carboxylic acids is 1. The van der Waals surface area contributed by atoms with E-state index in [0.29, 0.717) is 18.4 Å². The van der Waals surface area contributed by atoms with Crippen LogP contribution in [0.2, 0.25) is 0 Å². The molecule has 2 atom stereocenters. The Morgan fingerprint density at radius 3 is 2.70 bits per heavy atom. The third kappa shape index (κ3) is 3.53. The number of carbonyl (C=O) groups is 1. The van der Waals surface area contributed by atoms with E-state index in [9.17, 15) is 4.79 Å². The topological polar surface area (TPSA) is 62.5 Å². The minimum absolute atomic E-state index is 0.159. The SMILES string of the molecule is Cc1csc(N2CCC(C(=O)N3CCCC(C)C3CN)CC2)n1. The van der Waals surface area contributed by atoms with Crippen LogP contribution in [0.5, 0.6) is 0 Å². The predicted molar refractivity (Wildman–Crippen MR) is 94.7 cm³/mol. The van der Waals surface area contributed by atoms with Crippen LogP contribution < -0.4 is 10.6 Å². The molecule has 3 rings (SSSR count). The first-order valence-corrected chi connectivity index (χ1v) is 9.65. The smallest absolute Gasteiger partial charge is 0.226 e. The summed E-state index contributed by atoms with van der Waals surface area (Å²) in [7, 11) is 0. The van der Waals surface area contributed by atoms with Gasteiger partial charge in [-0.05, 0) is 38.5 Å². The van der Waals surface area contributed by atoms with Crippen LogP contribution in [0.25, 0.3) is 0 Å². The fourth-order valence-corrected chi connectivity index (χ4v) is 4.78. The van der Waals surface area contributed by atoms with Crippen LogP contribution in [0.15, 0.2) is 5.38 Å². The summed E-state index contributed by atoms with van der Waals surface area (Å²) in [4.78, 5) is 21.9. The monoisotopic (exact) mass is 336 g/mol. The van der Waals surface area contributed by atoms with Gasteiger partial charge in [-0.15, -0.1) is 11.3 Å². The molecule has 2 aliphatic heterocycles. The van der Waals surface area contributed by atoms with E-state index in [1.807, 2.05) is 6.92 Å². The van der Waals surface area contributed by atoms with Crippen molar-refractivity contribution in [3.05, 3.63) is 11.1 Å². The quantitative estimate of drug-likeness (QED) is 0.920. The highest BCUT2D eigenvalue weighted by Crippen LogP contribution is 2.30. The average molecular weight is 337 g/mol. The number of anilines is 1. The van der Waals surface area contributed by atoms with Crippen molar-refractivity contribution >= 4 is 22.4 Å². The van der Waals surface area contributed by atoms with Gasteiger partial charge in [0.2, 0.25) is 5.91 Å². The highest BCUT2D eigenvalue weighted by atomic mass is 32.1. The van der Waals surface area contributed by atoms with Gasteiger partial charge in [-0.3, -0.25) is 4.79 Å². The Morgan fingerprint density at radius 1 is 1.35 bits per heavy atom. The van der Waals surface area contributed by atoms with Gasteiger partial charge in [0.25, 0.3) is 0 Å². The van der Waals surface area contributed by atoms with E-state index in [4.69, 9.17) is 5.73 Å². The molecule has 0 radical (unpaired) electrons. The van der Waals surface area contributed by atoms with Gasteiger partial charge in [-0.1, -0.05) is 6.92 Å². The number of aromatic nitrogens is 1. The van der Waals surface area contributed by atoms with Crippen LogP contribution in [-0.2, 0) is 4.79 Å². The van der Waals surface area contributed by atoms with Gasteiger partial charge in [0.05, 0.1) is 5.69 Å². The lowest BCUT2D eigenvalue weighted by molar-refractivity contribution is -0.141. The normalized spacial score (nSPS) is 26.6. The van der Waals surface area contributed by atoms with E-state index in [-0.39, 0.29) is 12.0 Å². The van der Waals surface area contributed by atoms with E-state index in [1.54, 1.807) is 11.3 Å². The summed E-state index contributed by atoms with van der Waals surface area (Å²) in [5.41, 5.74) is 7.02. The minimum atomic E-state index is 0.159. The molecule has 0 aromatic carbocycles. The number of amides is 1. The first kappa shape index (κ1) is 16.7. The lowest BCUT2D eigenvalue weighted by atomic mass is 9.88. The third-order valence-corrected chi connectivity index (χ3v) is 6.38. The lowest BCUT2D eigenvalue weighted by Gasteiger charge is -2.42. The third-order valence-electron chi connectivity index (χ3n) is 5.36. The predicted octanol–water partition coefficient (Wildman–Crippen LogP) is 2.25. The zero-order valence-electron chi connectivity index (χ0n) is 14.2. The second-order valence-corrected chi connectivity index (χ2v) is 7.82. The first-order chi connectivity index (χ1) is 11.1. The number of likely N-dealkylation sites (tertiary alicyclic amines) is 1. The van der Waals surface area contributed by atoms with Crippen molar-refractivity contribution in [2.24, 2.45) is 17.6 Å². The van der Waals surface area contributed by atoms with Gasteiger partial charge < -0.3 is 15.5 Å². The van der Waals surface area contributed by atoms with Crippen molar-refractivity contribution in [3.63, 3.8) is 0 Å². The van der Waals surface area contributed by atoms with E-state index in [2.05, 4.69) is 27.1 Å². The summed E-state index contributed by atoms with van der Waals surface area (Å²) in [5, 5.41) is 3.19. The summed E-state index contributed by atoms with van der Waals surface area (Å²) in [6.07, 6.45) is 4.16. The number of thiazole rings is 1. The molecule has 2 fully saturated rings. The average Bonchev–Trinajstić information content (AvgIpc) is 3.00. The fourth-order valence-electron chi connectivity index (χ4n) is 3.92. The number of piperidine rings is 2. The van der Waals surface area contributed by atoms with Crippen molar-refractivity contribution in [2.45, 2.75) is 45.6 Å². The molecule has 23 heavy (non-hydrogen) atoms. The van der Waals surface area contributed by atoms with Gasteiger partial charge in [0, 0.05) is 43.5 Å². The van der Waals surface area contributed by atoms with Crippen LogP contribution >= 0.6 is 11.3 Å². The molecule has 0 saturated carbocycles. The summed E-state index contributed by atoms with van der Waals surface area (Å²) in [6.45, 7) is 7.59. The van der Waals surface area contributed by atoms with Crippen LogP contribution in [0.4, 0.5) is 5.13 Å². The number of nitrogens with zero attached hydrogens (tertiary/aromatic N) is 3. The number of aryl methyl sites for hydroxylation is 1. The Labute approximate surface area is 142 Å². The summed E-state index contributed by atoms with van der Waals surface area (Å²) < 4.78 is 0. The van der Waals surface area contributed by atoms with E-state index >= 15 is 0 Å². The number of hydrogen-bond donors (Lipinski definition) is 1. The summed E-state index contributed by atoms with van der Waals surface area (Å²) >= 11 is 1.70. The van der Waals surface area contributed by atoms with E-state index in [0.717, 1.165) is 49.7 Å². The fraction of sp³-hybridized carbons (Fsp3) is 0.765. The molecule has 0 bridgehead atoms. The Hall–Kier alpha value is -1.14. The molecule has 2 unspecified atom stereocenters. The number of nitrogens with two attached hydrogens (primary N) is 1. The highest BCUT2D eigenvalue weighted by Gasteiger charge is 2.35. The first-order valence-electron chi connectivity index (χ1n) is 8.77. The molecule has 1 amide bonds. The Morgan fingerprint density at radius 2 is 2.09 bits per heavy atom. The maximum atomic E-state index is 13.0. The second-order valence-electron chi connectivity index (χ2n) is 6.99. The largest absolute Gasteiger partial charge is 0.348 e. The van der Waals surface area contributed by atoms with Crippen molar-refractivity contribution < 1.29 is 4.79 Å². The van der Waals surface area contributed by atoms with Crippen molar-refractivity contribution in [3.8, 4) is 0 Å². The van der Waals surface area contributed by atoms with Crippen LogP contribution in [-0.4, -0.2) is 48.0 Å². The van der Waals surface area contributed by atoms with E-state index < -0.39 is 0 Å². The van der Waals surface area contributed by atoms with Gasteiger partial charge in [0.1, 0.15) is 0 Å². The summed E-state index contributed by atoms with van der Waals surface area (Å²) in [6, 6.07) is 0.232. The number of hydrogen-bond acceptors (Lipinski definition) is 5. The zero-order chi connectivity index (χ0) is 16.4. The van der Waals surface area contributed by atoms with Gasteiger partial charge >= 0.3 is 0 Å². The number of rotatable bonds is 3. The highest BCUT2D eigenvalue weighted by molar-refractivity contribution is 7.13. The second kappa shape index (κ2) is 7.18.